The van der Waals surface area contributed by atoms with Crippen LogP contribution in [-0.2, 0) is 19.1 Å². The minimum absolute atomic E-state index is 0.0554. The van der Waals surface area contributed by atoms with Crippen LogP contribution in [0.4, 0.5) is 0 Å². The molecule has 0 amide bonds. The predicted octanol–water partition coefficient (Wildman–Crippen LogP) is 2.86. The molecule has 1 atom stereocenters. The molecule has 0 aromatic heterocycles. The fraction of sp³-hybridized carbons (Fsp3) is 0.714. The van der Waals surface area contributed by atoms with Crippen LogP contribution in [0.25, 0.3) is 0 Å². The quantitative estimate of drug-likeness (QED) is 0.541. The molecule has 0 aliphatic carbocycles. The zero-order valence-corrected chi connectivity index (χ0v) is 12.2. The monoisotopic (exact) mass is 256 g/mol. The van der Waals surface area contributed by atoms with Gasteiger partial charge in [-0.2, -0.15) is 0 Å². The van der Waals surface area contributed by atoms with E-state index in [4.69, 9.17) is 9.47 Å². The summed E-state index contributed by atoms with van der Waals surface area (Å²) in [5, 5.41) is 0. The van der Waals surface area contributed by atoms with Crippen molar-refractivity contribution in [3.63, 3.8) is 0 Å². The molecule has 18 heavy (non-hydrogen) atoms. The molecule has 0 aliphatic heterocycles. The van der Waals surface area contributed by atoms with Gasteiger partial charge < -0.3 is 9.47 Å². The lowest BCUT2D eigenvalue weighted by atomic mass is 9.88. The molecule has 0 rings (SSSR count). The van der Waals surface area contributed by atoms with Crippen molar-refractivity contribution in [2.75, 3.05) is 6.61 Å². The first-order valence-electron chi connectivity index (χ1n) is 6.11. The van der Waals surface area contributed by atoms with Gasteiger partial charge in [0.25, 0.3) is 0 Å². The van der Waals surface area contributed by atoms with E-state index in [9.17, 15) is 9.59 Å². The van der Waals surface area contributed by atoms with Crippen molar-refractivity contribution in [2.45, 2.75) is 53.6 Å². The largest absolute Gasteiger partial charge is 0.465 e. The Balaban J connectivity index is 4.76. The average molecular weight is 256 g/mol. The first kappa shape index (κ1) is 16.7. The molecule has 0 radical (unpaired) electrons. The lowest BCUT2D eigenvalue weighted by molar-refractivity contribution is -0.163. The normalized spacial score (nSPS) is 12.6. The van der Waals surface area contributed by atoms with Crippen LogP contribution in [0.15, 0.2) is 11.6 Å². The Kier molecular flexibility index (Phi) is 6.66. The molecule has 0 fully saturated rings. The molecule has 0 saturated heterocycles. The number of esters is 2. The maximum Gasteiger partial charge on any atom is 0.303 e. The van der Waals surface area contributed by atoms with Crippen LogP contribution in [0.5, 0.6) is 0 Å². The highest BCUT2D eigenvalue weighted by Crippen LogP contribution is 2.26. The Morgan fingerprint density at radius 2 is 1.67 bits per heavy atom. The van der Waals surface area contributed by atoms with Crippen LogP contribution in [0.2, 0.25) is 0 Å². The van der Waals surface area contributed by atoms with E-state index in [2.05, 4.69) is 6.08 Å². The molecule has 0 bridgehead atoms. The summed E-state index contributed by atoms with van der Waals surface area (Å²) in [7, 11) is 0. The van der Waals surface area contributed by atoms with Crippen LogP contribution in [0, 0.1) is 5.92 Å². The average Bonchev–Trinajstić information content (AvgIpc) is 2.13. The highest BCUT2D eigenvalue weighted by atomic mass is 16.6. The van der Waals surface area contributed by atoms with Crippen LogP contribution in [0.1, 0.15) is 48.0 Å². The molecule has 0 aromatic rings. The fourth-order valence-electron chi connectivity index (χ4n) is 1.60. The van der Waals surface area contributed by atoms with E-state index < -0.39 is 5.60 Å². The molecule has 0 N–H and O–H groups in total. The minimum Gasteiger partial charge on any atom is -0.465 e. The molecule has 0 saturated carbocycles. The summed E-state index contributed by atoms with van der Waals surface area (Å²) in [6, 6.07) is 0. The third-order valence-corrected chi connectivity index (χ3v) is 2.69. The van der Waals surface area contributed by atoms with Crippen molar-refractivity contribution in [1.29, 1.82) is 0 Å². The Bertz CT molecular complexity index is 325. The van der Waals surface area contributed by atoms with Crippen LogP contribution in [-0.4, -0.2) is 24.1 Å². The summed E-state index contributed by atoms with van der Waals surface area (Å²) in [4.78, 5) is 22.0. The Morgan fingerprint density at radius 1 is 1.11 bits per heavy atom. The van der Waals surface area contributed by atoms with Crippen molar-refractivity contribution in [3.8, 4) is 0 Å². The van der Waals surface area contributed by atoms with Crippen molar-refractivity contribution < 1.29 is 19.1 Å². The minimum atomic E-state index is -0.659. The maximum atomic E-state index is 11.1. The second kappa shape index (κ2) is 7.19. The summed E-state index contributed by atoms with van der Waals surface area (Å²) < 4.78 is 10.3. The molecular weight excluding hydrogens is 232 g/mol. The van der Waals surface area contributed by atoms with Gasteiger partial charge in [-0.3, -0.25) is 9.59 Å². The zero-order valence-electron chi connectivity index (χ0n) is 12.2. The van der Waals surface area contributed by atoms with Gasteiger partial charge in [0.15, 0.2) is 0 Å². The summed E-state index contributed by atoms with van der Waals surface area (Å²) in [5.41, 5.74) is 0.522. The van der Waals surface area contributed by atoms with Gasteiger partial charge in [0.2, 0.25) is 0 Å². The van der Waals surface area contributed by atoms with E-state index in [-0.39, 0.29) is 24.5 Å². The number of carbonyl (C=O) groups excluding carboxylic acids is 2. The fourth-order valence-corrected chi connectivity index (χ4v) is 1.60. The van der Waals surface area contributed by atoms with Crippen molar-refractivity contribution in [1.82, 2.24) is 0 Å². The highest BCUT2D eigenvalue weighted by Gasteiger charge is 2.32. The van der Waals surface area contributed by atoms with Gasteiger partial charge >= 0.3 is 11.9 Å². The Morgan fingerprint density at radius 3 is 2.06 bits per heavy atom. The molecule has 0 aromatic carbocycles. The van der Waals surface area contributed by atoms with Gasteiger partial charge in [-0.05, 0) is 34.1 Å². The van der Waals surface area contributed by atoms with E-state index in [1.165, 1.54) is 19.4 Å². The predicted molar refractivity (Wildman–Crippen MR) is 70.0 cm³/mol. The first-order valence-corrected chi connectivity index (χ1v) is 6.11. The standard InChI is InChI=1S/C14H24O4/c1-10(2)7-8-13(9-17-11(3)15)14(5,6)18-12(4)16/h7,13H,8-9H2,1-6H3. The van der Waals surface area contributed by atoms with Crippen LogP contribution in [0.3, 0.4) is 0 Å². The number of rotatable bonds is 6. The first-order chi connectivity index (χ1) is 8.15. The third-order valence-electron chi connectivity index (χ3n) is 2.69. The smallest absolute Gasteiger partial charge is 0.303 e. The summed E-state index contributed by atoms with van der Waals surface area (Å²) >= 11 is 0. The van der Waals surface area contributed by atoms with E-state index in [1.807, 2.05) is 27.7 Å². The van der Waals surface area contributed by atoms with E-state index in [0.717, 1.165) is 0 Å². The van der Waals surface area contributed by atoms with E-state index in [1.54, 1.807) is 0 Å². The molecule has 1 unspecified atom stereocenters. The van der Waals surface area contributed by atoms with Gasteiger partial charge in [0.05, 0.1) is 6.61 Å². The summed E-state index contributed by atoms with van der Waals surface area (Å²) in [6.45, 7) is 10.7. The number of allylic oxidation sites excluding steroid dienone is 2. The lowest BCUT2D eigenvalue weighted by Crippen LogP contribution is -2.39. The van der Waals surface area contributed by atoms with Crippen molar-refractivity contribution in [2.24, 2.45) is 5.92 Å². The number of hydrogen-bond acceptors (Lipinski definition) is 4. The highest BCUT2D eigenvalue weighted by molar-refractivity contribution is 5.66. The number of carbonyl (C=O) groups is 2. The second-order valence-corrected chi connectivity index (χ2v) is 5.21. The van der Waals surface area contributed by atoms with Gasteiger partial charge in [-0.15, -0.1) is 0 Å². The number of hydrogen-bond donors (Lipinski definition) is 0. The molecule has 0 heterocycles. The molecule has 104 valence electrons. The summed E-state index contributed by atoms with van der Waals surface area (Å²) in [6.07, 6.45) is 2.76. The molecular formula is C14H24O4. The van der Waals surface area contributed by atoms with Gasteiger partial charge in [-0.25, -0.2) is 0 Å². The van der Waals surface area contributed by atoms with E-state index >= 15 is 0 Å². The SMILES string of the molecule is CC(=O)OCC(CC=C(C)C)C(C)(C)OC(C)=O. The third kappa shape index (κ3) is 7.09. The molecule has 4 nitrogen and oxygen atoms in total. The summed E-state index contributed by atoms with van der Waals surface area (Å²) in [5.74, 6) is -0.707. The Labute approximate surface area is 109 Å². The Hall–Kier alpha value is -1.32. The van der Waals surface area contributed by atoms with Crippen LogP contribution >= 0.6 is 0 Å². The maximum absolute atomic E-state index is 11.1. The molecule has 0 aliphatic rings. The van der Waals surface area contributed by atoms with Crippen molar-refractivity contribution in [3.05, 3.63) is 11.6 Å². The second-order valence-electron chi connectivity index (χ2n) is 5.21. The van der Waals surface area contributed by atoms with Crippen molar-refractivity contribution >= 4 is 11.9 Å². The lowest BCUT2D eigenvalue weighted by Gasteiger charge is -2.32. The van der Waals surface area contributed by atoms with E-state index in [0.29, 0.717) is 6.42 Å². The molecule has 0 spiro atoms. The van der Waals surface area contributed by atoms with Gasteiger partial charge in [0, 0.05) is 19.8 Å². The number of ether oxygens (including phenoxy) is 2. The van der Waals surface area contributed by atoms with Gasteiger partial charge in [0.1, 0.15) is 5.60 Å². The topological polar surface area (TPSA) is 52.6 Å². The van der Waals surface area contributed by atoms with Crippen LogP contribution < -0.4 is 0 Å². The van der Waals surface area contributed by atoms with Gasteiger partial charge in [-0.1, -0.05) is 11.6 Å². The molecule has 4 heteroatoms. The zero-order chi connectivity index (χ0) is 14.3.